The standard InChI is InChI=1S/C22H32N2O4/c1-4-28-22(27)24-19(12-15(2)3)14-23-21(26)11-10-20(25)18-9-8-16-6-5-7-17(16)13-18/h8-9,13,15,19H,4-7,10-12,14H2,1-3H3,(H,23,26)(H,24,27). The Balaban J connectivity index is 1.78. The van der Waals surface area contributed by atoms with Crippen LogP contribution in [0.25, 0.3) is 0 Å². The number of benzene rings is 1. The zero-order chi connectivity index (χ0) is 20.5. The lowest BCUT2D eigenvalue weighted by molar-refractivity contribution is -0.121. The van der Waals surface area contributed by atoms with Gasteiger partial charge in [0.2, 0.25) is 5.91 Å². The second-order valence-electron chi connectivity index (χ2n) is 7.76. The molecule has 0 aliphatic heterocycles. The first-order valence-electron chi connectivity index (χ1n) is 10.2. The van der Waals surface area contributed by atoms with Gasteiger partial charge in [-0.15, -0.1) is 0 Å². The molecule has 0 heterocycles. The molecule has 0 saturated heterocycles. The molecule has 1 aromatic rings. The second-order valence-corrected chi connectivity index (χ2v) is 7.76. The molecule has 154 valence electrons. The molecule has 0 spiro atoms. The predicted octanol–water partition coefficient (Wildman–Crippen LogP) is 3.42. The van der Waals surface area contributed by atoms with Crippen LogP contribution in [0.5, 0.6) is 0 Å². The van der Waals surface area contributed by atoms with Gasteiger partial charge in [-0.2, -0.15) is 0 Å². The van der Waals surface area contributed by atoms with Crippen molar-refractivity contribution < 1.29 is 19.1 Å². The Morgan fingerprint density at radius 2 is 1.86 bits per heavy atom. The lowest BCUT2D eigenvalue weighted by Crippen LogP contribution is -2.44. The zero-order valence-electron chi connectivity index (χ0n) is 17.2. The van der Waals surface area contributed by atoms with Crippen LogP contribution < -0.4 is 10.6 Å². The number of aryl methyl sites for hydroxylation is 2. The lowest BCUT2D eigenvalue weighted by Gasteiger charge is -2.20. The van der Waals surface area contributed by atoms with Gasteiger partial charge in [0.25, 0.3) is 0 Å². The van der Waals surface area contributed by atoms with Crippen LogP contribution >= 0.6 is 0 Å². The van der Waals surface area contributed by atoms with E-state index in [2.05, 4.69) is 24.5 Å². The summed E-state index contributed by atoms with van der Waals surface area (Å²) in [5.41, 5.74) is 3.28. The van der Waals surface area contributed by atoms with Gasteiger partial charge in [-0.05, 0) is 55.7 Å². The van der Waals surface area contributed by atoms with Crippen molar-refractivity contribution in [3.8, 4) is 0 Å². The van der Waals surface area contributed by atoms with Gasteiger partial charge in [0.1, 0.15) is 0 Å². The highest BCUT2D eigenvalue weighted by atomic mass is 16.5. The maximum absolute atomic E-state index is 12.4. The van der Waals surface area contributed by atoms with Crippen molar-refractivity contribution in [2.24, 2.45) is 5.92 Å². The van der Waals surface area contributed by atoms with E-state index in [9.17, 15) is 14.4 Å². The van der Waals surface area contributed by atoms with Crippen LogP contribution in [0.4, 0.5) is 4.79 Å². The van der Waals surface area contributed by atoms with Crippen LogP contribution in [-0.2, 0) is 22.4 Å². The molecule has 6 heteroatoms. The lowest BCUT2D eigenvalue weighted by atomic mass is 10.0. The molecule has 2 N–H and O–H groups in total. The number of rotatable bonds is 10. The second kappa shape index (κ2) is 10.8. The van der Waals surface area contributed by atoms with Gasteiger partial charge in [-0.1, -0.05) is 26.0 Å². The highest BCUT2D eigenvalue weighted by Crippen LogP contribution is 2.23. The number of nitrogens with one attached hydrogen (secondary N) is 2. The number of carbonyl (C=O) groups is 3. The van der Waals surface area contributed by atoms with E-state index in [-0.39, 0.29) is 30.6 Å². The first-order chi connectivity index (χ1) is 13.4. The monoisotopic (exact) mass is 388 g/mol. The number of carbonyl (C=O) groups excluding carboxylic acids is 3. The topological polar surface area (TPSA) is 84.5 Å². The number of ether oxygens (including phenoxy) is 1. The Kier molecular flexibility index (Phi) is 8.48. The minimum Gasteiger partial charge on any atom is -0.450 e. The largest absolute Gasteiger partial charge is 0.450 e. The Bertz CT molecular complexity index is 700. The quantitative estimate of drug-likeness (QED) is 0.602. The molecule has 28 heavy (non-hydrogen) atoms. The van der Waals surface area contributed by atoms with Gasteiger partial charge in [0.05, 0.1) is 6.61 Å². The molecule has 0 fully saturated rings. The average Bonchev–Trinajstić information content (AvgIpc) is 3.11. The van der Waals surface area contributed by atoms with E-state index in [1.165, 1.54) is 11.1 Å². The molecule has 2 rings (SSSR count). The van der Waals surface area contributed by atoms with Crippen molar-refractivity contribution in [2.45, 2.75) is 65.3 Å². The number of hydrogen-bond donors (Lipinski definition) is 2. The Morgan fingerprint density at radius 3 is 2.57 bits per heavy atom. The van der Waals surface area contributed by atoms with Crippen molar-refractivity contribution in [2.75, 3.05) is 13.2 Å². The van der Waals surface area contributed by atoms with Crippen LogP contribution in [-0.4, -0.2) is 37.0 Å². The molecular formula is C22H32N2O4. The van der Waals surface area contributed by atoms with Crippen molar-refractivity contribution >= 4 is 17.8 Å². The minimum atomic E-state index is -0.478. The summed E-state index contributed by atoms with van der Waals surface area (Å²) < 4.78 is 4.91. The van der Waals surface area contributed by atoms with E-state index in [1.807, 2.05) is 18.2 Å². The van der Waals surface area contributed by atoms with Crippen molar-refractivity contribution in [1.29, 1.82) is 0 Å². The van der Waals surface area contributed by atoms with E-state index in [4.69, 9.17) is 4.74 Å². The maximum Gasteiger partial charge on any atom is 0.407 e. The molecule has 1 aliphatic rings. The fourth-order valence-corrected chi connectivity index (χ4v) is 3.54. The SMILES string of the molecule is CCOC(=O)NC(CNC(=O)CCC(=O)c1ccc2c(c1)CCC2)CC(C)C. The molecule has 1 atom stereocenters. The third-order valence-electron chi connectivity index (χ3n) is 4.90. The molecule has 0 bridgehead atoms. The molecular weight excluding hydrogens is 356 g/mol. The van der Waals surface area contributed by atoms with Crippen LogP contribution in [0.1, 0.15) is 67.9 Å². The molecule has 6 nitrogen and oxygen atoms in total. The number of hydrogen-bond acceptors (Lipinski definition) is 4. The molecule has 0 aromatic heterocycles. The van der Waals surface area contributed by atoms with Gasteiger partial charge in [-0.3, -0.25) is 9.59 Å². The molecule has 2 amide bonds. The Morgan fingerprint density at radius 1 is 1.11 bits per heavy atom. The summed E-state index contributed by atoms with van der Waals surface area (Å²) in [6.45, 7) is 6.48. The van der Waals surface area contributed by atoms with E-state index in [0.717, 1.165) is 25.7 Å². The highest BCUT2D eigenvalue weighted by Gasteiger charge is 2.17. The molecule has 0 radical (unpaired) electrons. The van der Waals surface area contributed by atoms with Gasteiger partial charge < -0.3 is 15.4 Å². The fraction of sp³-hybridized carbons (Fsp3) is 0.591. The fourth-order valence-electron chi connectivity index (χ4n) is 3.54. The van der Waals surface area contributed by atoms with Gasteiger partial charge in [0.15, 0.2) is 5.78 Å². The molecule has 0 saturated carbocycles. The third-order valence-corrected chi connectivity index (χ3v) is 4.90. The van der Waals surface area contributed by atoms with E-state index in [0.29, 0.717) is 24.6 Å². The first-order valence-corrected chi connectivity index (χ1v) is 10.2. The Labute approximate surface area is 167 Å². The van der Waals surface area contributed by atoms with Crippen LogP contribution in [0.3, 0.4) is 0 Å². The number of Topliss-reactive ketones (excluding diaryl/α,β-unsaturated/α-hetero) is 1. The summed E-state index contributed by atoms with van der Waals surface area (Å²) in [5.74, 6) is 0.173. The van der Waals surface area contributed by atoms with Crippen molar-refractivity contribution in [1.82, 2.24) is 10.6 Å². The smallest absolute Gasteiger partial charge is 0.407 e. The first kappa shape index (κ1) is 21.9. The zero-order valence-corrected chi connectivity index (χ0v) is 17.2. The minimum absolute atomic E-state index is 0.00627. The summed E-state index contributed by atoms with van der Waals surface area (Å²) in [6, 6.07) is 5.68. The number of amides is 2. The van der Waals surface area contributed by atoms with E-state index < -0.39 is 6.09 Å². The van der Waals surface area contributed by atoms with Crippen LogP contribution in [0, 0.1) is 5.92 Å². The van der Waals surface area contributed by atoms with Crippen LogP contribution in [0.15, 0.2) is 18.2 Å². The predicted molar refractivity (Wildman–Crippen MR) is 108 cm³/mol. The average molecular weight is 389 g/mol. The number of ketones is 1. The normalized spacial score (nSPS) is 13.7. The number of fused-ring (bicyclic) bond motifs is 1. The summed E-state index contributed by atoms with van der Waals surface area (Å²) in [6.07, 6.45) is 3.84. The highest BCUT2D eigenvalue weighted by molar-refractivity contribution is 5.98. The summed E-state index contributed by atoms with van der Waals surface area (Å²) in [4.78, 5) is 36.2. The molecule has 1 aliphatic carbocycles. The van der Waals surface area contributed by atoms with Crippen molar-refractivity contribution in [3.05, 3.63) is 34.9 Å². The summed E-state index contributed by atoms with van der Waals surface area (Å²) >= 11 is 0. The summed E-state index contributed by atoms with van der Waals surface area (Å²) in [5, 5.41) is 5.60. The third kappa shape index (κ3) is 6.98. The number of alkyl carbamates (subject to hydrolysis) is 1. The summed E-state index contributed by atoms with van der Waals surface area (Å²) in [7, 11) is 0. The van der Waals surface area contributed by atoms with Gasteiger partial charge >= 0.3 is 6.09 Å². The Hall–Kier alpha value is -2.37. The van der Waals surface area contributed by atoms with E-state index in [1.54, 1.807) is 6.92 Å². The van der Waals surface area contributed by atoms with Crippen LogP contribution in [0.2, 0.25) is 0 Å². The maximum atomic E-state index is 12.4. The van der Waals surface area contributed by atoms with Crippen molar-refractivity contribution in [3.63, 3.8) is 0 Å². The van der Waals surface area contributed by atoms with Gasteiger partial charge in [-0.25, -0.2) is 4.79 Å². The molecule has 1 unspecified atom stereocenters. The molecule has 1 aromatic carbocycles. The van der Waals surface area contributed by atoms with E-state index >= 15 is 0 Å². The van der Waals surface area contributed by atoms with Gasteiger partial charge in [0, 0.05) is 31.0 Å².